The fourth-order valence-corrected chi connectivity index (χ4v) is 3.34. The van der Waals surface area contributed by atoms with E-state index < -0.39 is 0 Å². The molecular formula is C14H24N2OS. The highest BCUT2D eigenvalue weighted by Crippen LogP contribution is 2.33. The summed E-state index contributed by atoms with van der Waals surface area (Å²) < 4.78 is 5.74. The molecule has 0 amide bonds. The van der Waals surface area contributed by atoms with Crippen LogP contribution in [-0.4, -0.2) is 31.3 Å². The van der Waals surface area contributed by atoms with Crippen molar-refractivity contribution in [1.29, 1.82) is 0 Å². The number of nitrogens with one attached hydrogen (secondary N) is 1. The van der Waals surface area contributed by atoms with Gasteiger partial charge in [-0.25, -0.2) is 0 Å². The van der Waals surface area contributed by atoms with Crippen LogP contribution in [0.1, 0.15) is 31.6 Å². The van der Waals surface area contributed by atoms with Crippen molar-refractivity contribution in [2.24, 2.45) is 11.3 Å². The molecule has 1 N–H and O–H groups in total. The van der Waals surface area contributed by atoms with E-state index in [-0.39, 0.29) is 5.41 Å². The fraction of sp³-hybridized carbons (Fsp3) is 0.786. The molecule has 1 atom stereocenters. The SMILES string of the molecule is CC(C)CNCC1(Cc2cncs2)CCCOC1. The zero-order chi connectivity index (χ0) is 12.8. The molecule has 0 saturated carbocycles. The van der Waals surface area contributed by atoms with Crippen molar-refractivity contribution in [3.8, 4) is 0 Å². The summed E-state index contributed by atoms with van der Waals surface area (Å²) in [5.74, 6) is 0.704. The van der Waals surface area contributed by atoms with E-state index in [1.165, 1.54) is 17.7 Å². The Morgan fingerprint density at radius 2 is 2.44 bits per heavy atom. The maximum Gasteiger partial charge on any atom is 0.0794 e. The molecule has 4 heteroatoms. The van der Waals surface area contributed by atoms with E-state index in [9.17, 15) is 0 Å². The van der Waals surface area contributed by atoms with Crippen molar-refractivity contribution in [3.63, 3.8) is 0 Å². The number of hydrogen-bond donors (Lipinski definition) is 1. The number of ether oxygens (including phenoxy) is 1. The van der Waals surface area contributed by atoms with Gasteiger partial charge in [-0.05, 0) is 31.7 Å². The molecule has 1 aromatic rings. The van der Waals surface area contributed by atoms with Gasteiger partial charge < -0.3 is 10.1 Å². The summed E-state index contributed by atoms with van der Waals surface area (Å²) in [6.07, 6.45) is 5.55. The quantitative estimate of drug-likeness (QED) is 0.861. The summed E-state index contributed by atoms with van der Waals surface area (Å²) in [6.45, 7) is 8.46. The zero-order valence-corrected chi connectivity index (χ0v) is 12.3. The molecule has 1 aliphatic rings. The highest BCUT2D eigenvalue weighted by molar-refractivity contribution is 7.09. The van der Waals surface area contributed by atoms with Crippen LogP contribution in [0.5, 0.6) is 0 Å². The Bertz CT molecular complexity index is 332. The van der Waals surface area contributed by atoms with Gasteiger partial charge in [-0.1, -0.05) is 13.8 Å². The van der Waals surface area contributed by atoms with Crippen LogP contribution in [0.4, 0.5) is 0 Å². The molecule has 0 radical (unpaired) electrons. The summed E-state index contributed by atoms with van der Waals surface area (Å²) >= 11 is 1.76. The molecule has 1 fully saturated rings. The molecule has 0 bridgehead atoms. The van der Waals surface area contributed by atoms with E-state index >= 15 is 0 Å². The largest absolute Gasteiger partial charge is 0.381 e. The minimum absolute atomic E-state index is 0.277. The Kier molecular flexibility index (Phi) is 5.15. The first-order valence-electron chi connectivity index (χ1n) is 6.86. The van der Waals surface area contributed by atoms with Gasteiger partial charge in [-0.15, -0.1) is 11.3 Å². The van der Waals surface area contributed by atoms with Gasteiger partial charge in [0.05, 0.1) is 12.1 Å². The monoisotopic (exact) mass is 268 g/mol. The second-order valence-corrected chi connectivity index (χ2v) is 6.80. The van der Waals surface area contributed by atoms with Crippen molar-refractivity contribution in [3.05, 3.63) is 16.6 Å². The van der Waals surface area contributed by atoms with Gasteiger partial charge in [-0.2, -0.15) is 0 Å². The lowest BCUT2D eigenvalue weighted by Gasteiger charge is -2.37. The van der Waals surface area contributed by atoms with Crippen LogP contribution in [0.2, 0.25) is 0 Å². The molecule has 1 unspecified atom stereocenters. The molecule has 102 valence electrons. The molecule has 0 aromatic carbocycles. The third-order valence-electron chi connectivity index (χ3n) is 3.49. The minimum atomic E-state index is 0.277. The predicted octanol–water partition coefficient (Wildman–Crippen LogP) is 2.73. The number of aromatic nitrogens is 1. The molecule has 0 spiro atoms. The third kappa shape index (κ3) is 4.04. The van der Waals surface area contributed by atoms with E-state index in [1.54, 1.807) is 11.3 Å². The first-order chi connectivity index (χ1) is 8.70. The lowest BCUT2D eigenvalue weighted by molar-refractivity contribution is -0.00700. The van der Waals surface area contributed by atoms with Gasteiger partial charge in [-0.3, -0.25) is 4.98 Å². The smallest absolute Gasteiger partial charge is 0.0794 e. The van der Waals surface area contributed by atoms with Crippen LogP contribution in [0.3, 0.4) is 0 Å². The molecule has 1 aromatic heterocycles. The molecule has 0 aliphatic carbocycles. The molecule has 3 nitrogen and oxygen atoms in total. The molecular weight excluding hydrogens is 244 g/mol. The summed E-state index contributed by atoms with van der Waals surface area (Å²) in [5, 5.41) is 3.61. The van der Waals surface area contributed by atoms with Gasteiger partial charge in [0.15, 0.2) is 0 Å². The van der Waals surface area contributed by atoms with Crippen molar-refractivity contribution in [2.45, 2.75) is 33.1 Å². The van der Waals surface area contributed by atoms with Gasteiger partial charge in [0.1, 0.15) is 0 Å². The maximum atomic E-state index is 5.74. The summed E-state index contributed by atoms with van der Waals surface area (Å²) in [7, 11) is 0. The van der Waals surface area contributed by atoms with Gasteiger partial charge in [0.25, 0.3) is 0 Å². The Morgan fingerprint density at radius 1 is 1.56 bits per heavy atom. The Balaban J connectivity index is 1.94. The number of hydrogen-bond acceptors (Lipinski definition) is 4. The van der Waals surface area contributed by atoms with Crippen LogP contribution in [0, 0.1) is 11.3 Å². The van der Waals surface area contributed by atoms with Crippen molar-refractivity contribution < 1.29 is 4.74 Å². The Labute approximate surface area is 114 Å². The van der Waals surface area contributed by atoms with Crippen LogP contribution in [0.15, 0.2) is 11.7 Å². The highest BCUT2D eigenvalue weighted by atomic mass is 32.1. The van der Waals surface area contributed by atoms with Crippen molar-refractivity contribution in [2.75, 3.05) is 26.3 Å². The Morgan fingerprint density at radius 3 is 3.06 bits per heavy atom. The zero-order valence-electron chi connectivity index (χ0n) is 11.4. The average molecular weight is 268 g/mol. The normalized spacial score (nSPS) is 24.6. The first kappa shape index (κ1) is 14.0. The van der Waals surface area contributed by atoms with E-state index in [0.717, 1.165) is 32.7 Å². The molecule has 1 saturated heterocycles. The van der Waals surface area contributed by atoms with E-state index in [4.69, 9.17) is 4.74 Å². The van der Waals surface area contributed by atoms with Crippen molar-refractivity contribution in [1.82, 2.24) is 10.3 Å². The highest BCUT2D eigenvalue weighted by Gasteiger charge is 2.33. The second-order valence-electron chi connectivity index (χ2n) is 5.83. The average Bonchev–Trinajstić information content (AvgIpc) is 2.82. The topological polar surface area (TPSA) is 34.2 Å². The fourth-order valence-electron chi connectivity index (χ4n) is 2.58. The molecule has 2 heterocycles. The predicted molar refractivity (Wildman–Crippen MR) is 76.0 cm³/mol. The minimum Gasteiger partial charge on any atom is -0.381 e. The second kappa shape index (κ2) is 6.64. The van der Waals surface area contributed by atoms with E-state index in [2.05, 4.69) is 24.1 Å². The lowest BCUT2D eigenvalue weighted by atomic mass is 9.79. The van der Waals surface area contributed by atoms with Gasteiger partial charge in [0.2, 0.25) is 0 Å². The number of thiazole rings is 1. The van der Waals surface area contributed by atoms with Gasteiger partial charge in [0, 0.05) is 29.6 Å². The van der Waals surface area contributed by atoms with Crippen LogP contribution >= 0.6 is 11.3 Å². The molecule has 1 aliphatic heterocycles. The van der Waals surface area contributed by atoms with Gasteiger partial charge >= 0.3 is 0 Å². The molecule has 2 rings (SSSR count). The van der Waals surface area contributed by atoms with E-state index in [0.29, 0.717) is 5.92 Å². The number of rotatable bonds is 6. The van der Waals surface area contributed by atoms with E-state index in [1.807, 2.05) is 11.7 Å². The van der Waals surface area contributed by atoms with Crippen molar-refractivity contribution >= 4 is 11.3 Å². The third-order valence-corrected chi connectivity index (χ3v) is 4.27. The lowest BCUT2D eigenvalue weighted by Crippen LogP contribution is -2.43. The van der Waals surface area contributed by atoms with Crippen LogP contribution < -0.4 is 5.32 Å². The first-order valence-corrected chi connectivity index (χ1v) is 7.74. The molecule has 18 heavy (non-hydrogen) atoms. The summed E-state index contributed by atoms with van der Waals surface area (Å²) in [5.41, 5.74) is 2.20. The van der Waals surface area contributed by atoms with Crippen LogP contribution in [-0.2, 0) is 11.2 Å². The standard InChI is InChI=1S/C14H24N2OS/c1-12(2)7-15-9-14(4-3-5-17-10-14)6-13-8-16-11-18-13/h8,11-12,15H,3-7,9-10H2,1-2H3. The maximum absolute atomic E-state index is 5.74. The summed E-state index contributed by atoms with van der Waals surface area (Å²) in [6, 6.07) is 0. The van der Waals surface area contributed by atoms with Crippen LogP contribution in [0.25, 0.3) is 0 Å². The number of nitrogens with zero attached hydrogens (tertiary/aromatic N) is 1. The summed E-state index contributed by atoms with van der Waals surface area (Å²) in [4.78, 5) is 5.57. The Hall–Kier alpha value is -0.450.